The Kier molecular flexibility index (Phi) is 7.11. The highest BCUT2D eigenvalue weighted by Crippen LogP contribution is 2.33. The highest BCUT2D eigenvalue weighted by Gasteiger charge is 2.23. The zero-order valence-corrected chi connectivity index (χ0v) is 19.0. The number of fused-ring (bicyclic) bond motifs is 1. The van der Waals surface area contributed by atoms with Gasteiger partial charge in [0.2, 0.25) is 0 Å². The summed E-state index contributed by atoms with van der Waals surface area (Å²) in [7, 11) is 0. The average Bonchev–Trinajstić information content (AvgIpc) is 3.08. The van der Waals surface area contributed by atoms with Gasteiger partial charge in [-0.05, 0) is 56.0 Å². The second-order valence-electron chi connectivity index (χ2n) is 8.74. The zero-order valence-electron chi connectivity index (χ0n) is 19.0. The molecule has 0 atom stereocenters. The quantitative estimate of drug-likeness (QED) is 0.408. The molecular weight excluding hydrogens is 422 g/mol. The summed E-state index contributed by atoms with van der Waals surface area (Å²) in [6.45, 7) is 6.61. The van der Waals surface area contributed by atoms with E-state index in [4.69, 9.17) is 4.74 Å². The topological polar surface area (TPSA) is 43.3 Å². The summed E-state index contributed by atoms with van der Waals surface area (Å²) >= 11 is 0. The smallest absolute Gasteiger partial charge is 0.254 e. The van der Waals surface area contributed by atoms with Crippen LogP contribution in [0.25, 0.3) is 10.9 Å². The number of carbonyl (C=O) groups is 1. The Morgan fingerprint density at radius 1 is 1.18 bits per heavy atom. The summed E-state index contributed by atoms with van der Waals surface area (Å²) in [5.74, 6) is -0.485. The summed E-state index contributed by atoms with van der Waals surface area (Å²) in [6, 6.07) is 9.44. The summed E-state index contributed by atoms with van der Waals surface area (Å²) < 4.78 is 36.0. The number of carbonyl (C=O) groups excluding carboxylic acids is 1. The number of hydrogen-bond donors (Lipinski definition) is 1. The molecule has 0 bridgehead atoms. The SMILES string of the molecule is C=CCOc1ccc2c(c1)c(C(=O)NCc1c(F)cccc1F)c(C)n2CC1CCCCC1. The van der Waals surface area contributed by atoms with Crippen molar-refractivity contribution in [2.75, 3.05) is 6.61 Å². The Morgan fingerprint density at radius 2 is 1.91 bits per heavy atom. The first kappa shape index (κ1) is 23.0. The second kappa shape index (κ2) is 10.2. The minimum absolute atomic E-state index is 0.149. The van der Waals surface area contributed by atoms with E-state index in [0.717, 1.165) is 23.1 Å². The molecule has 4 rings (SSSR count). The van der Waals surface area contributed by atoms with Crippen molar-refractivity contribution < 1.29 is 18.3 Å². The van der Waals surface area contributed by atoms with Crippen LogP contribution in [0.4, 0.5) is 8.78 Å². The van der Waals surface area contributed by atoms with Crippen LogP contribution in [-0.2, 0) is 13.1 Å². The molecule has 1 aliphatic rings. The molecule has 0 aliphatic heterocycles. The van der Waals surface area contributed by atoms with Crippen molar-refractivity contribution in [2.24, 2.45) is 5.92 Å². The summed E-state index contributed by atoms with van der Waals surface area (Å²) in [4.78, 5) is 13.3. The fourth-order valence-corrected chi connectivity index (χ4v) is 4.81. The molecule has 0 saturated heterocycles. The van der Waals surface area contributed by atoms with E-state index in [1.54, 1.807) is 6.08 Å². The van der Waals surface area contributed by atoms with Crippen molar-refractivity contribution in [3.05, 3.63) is 77.5 Å². The Hall–Kier alpha value is -3.15. The number of rotatable bonds is 8. The zero-order chi connectivity index (χ0) is 23.4. The van der Waals surface area contributed by atoms with Gasteiger partial charge in [-0.25, -0.2) is 8.78 Å². The first-order valence-electron chi connectivity index (χ1n) is 11.6. The summed E-state index contributed by atoms with van der Waals surface area (Å²) in [5, 5.41) is 3.49. The largest absolute Gasteiger partial charge is 0.490 e. The van der Waals surface area contributed by atoms with Gasteiger partial charge in [0.15, 0.2) is 0 Å². The highest BCUT2D eigenvalue weighted by atomic mass is 19.1. The first-order valence-corrected chi connectivity index (χ1v) is 11.6. The predicted octanol–water partition coefficient (Wildman–Crippen LogP) is 6.30. The fourth-order valence-electron chi connectivity index (χ4n) is 4.81. The van der Waals surface area contributed by atoms with E-state index < -0.39 is 11.6 Å². The minimum atomic E-state index is -0.674. The van der Waals surface area contributed by atoms with Crippen molar-refractivity contribution in [2.45, 2.75) is 52.1 Å². The van der Waals surface area contributed by atoms with E-state index >= 15 is 0 Å². The number of benzene rings is 2. The third-order valence-corrected chi connectivity index (χ3v) is 6.54. The van der Waals surface area contributed by atoms with Crippen molar-refractivity contribution >= 4 is 16.8 Å². The number of halogens is 2. The van der Waals surface area contributed by atoms with E-state index in [0.29, 0.717) is 23.8 Å². The molecule has 0 radical (unpaired) electrons. The number of nitrogens with one attached hydrogen (secondary N) is 1. The molecule has 1 aliphatic carbocycles. The van der Waals surface area contributed by atoms with E-state index in [1.165, 1.54) is 50.3 Å². The van der Waals surface area contributed by atoms with Gasteiger partial charge in [-0.1, -0.05) is 38.0 Å². The van der Waals surface area contributed by atoms with Gasteiger partial charge in [-0.15, -0.1) is 0 Å². The molecule has 2 aromatic carbocycles. The van der Waals surface area contributed by atoms with E-state index in [-0.39, 0.29) is 18.0 Å². The Balaban J connectivity index is 1.68. The highest BCUT2D eigenvalue weighted by molar-refractivity contribution is 6.08. The molecule has 33 heavy (non-hydrogen) atoms. The van der Waals surface area contributed by atoms with Gasteiger partial charge < -0.3 is 14.6 Å². The van der Waals surface area contributed by atoms with Crippen LogP contribution >= 0.6 is 0 Å². The van der Waals surface area contributed by atoms with Crippen LogP contribution in [0.1, 0.15) is 53.7 Å². The first-order chi connectivity index (χ1) is 16.0. The lowest BCUT2D eigenvalue weighted by Gasteiger charge is -2.23. The monoisotopic (exact) mass is 452 g/mol. The van der Waals surface area contributed by atoms with Crippen molar-refractivity contribution in [1.29, 1.82) is 0 Å². The van der Waals surface area contributed by atoms with Crippen LogP contribution in [0.5, 0.6) is 5.75 Å². The Morgan fingerprint density at radius 3 is 2.61 bits per heavy atom. The molecule has 1 heterocycles. The number of amides is 1. The summed E-state index contributed by atoms with van der Waals surface area (Å²) in [5.41, 5.74) is 2.18. The van der Waals surface area contributed by atoms with Crippen LogP contribution in [0, 0.1) is 24.5 Å². The van der Waals surface area contributed by atoms with Gasteiger partial charge in [0, 0.05) is 35.2 Å². The Labute approximate surface area is 193 Å². The second-order valence-corrected chi connectivity index (χ2v) is 8.74. The number of hydrogen-bond acceptors (Lipinski definition) is 2. The molecule has 3 aromatic rings. The molecular formula is C27H30F2N2O2. The van der Waals surface area contributed by atoms with E-state index in [2.05, 4.69) is 16.5 Å². The van der Waals surface area contributed by atoms with Crippen LogP contribution in [-0.4, -0.2) is 17.1 Å². The molecule has 1 N–H and O–H groups in total. The maximum atomic E-state index is 14.1. The van der Waals surface area contributed by atoms with Crippen molar-refractivity contribution in [3.63, 3.8) is 0 Å². The average molecular weight is 453 g/mol. The van der Waals surface area contributed by atoms with Crippen molar-refractivity contribution in [1.82, 2.24) is 9.88 Å². The lowest BCUT2D eigenvalue weighted by atomic mass is 9.89. The van der Waals surface area contributed by atoms with Crippen LogP contribution < -0.4 is 10.1 Å². The molecule has 1 saturated carbocycles. The maximum absolute atomic E-state index is 14.1. The van der Waals surface area contributed by atoms with Gasteiger partial charge in [0.1, 0.15) is 24.0 Å². The van der Waals surface area contributed by atoms with Gasteiger partial charge >= 0.3 is 0 Å². The molecule has 174 valence electrons. The number of ether oxygens (including phenoxy) is 1. The van der Waals surface area contributed by atoms with E-state index in [1.807, 2.05) is 25.1 Å². The third kappa shape index (κ3) is 4.95. The molecule has 4 nitrogen and oxygen atoms in total. The minimum Gasteiger partial charge on any atom is -0.490 e. The lowest BCUT2D eigenvalue weighted by Crippen LogP contribution is -2.25. The van der Waals surface area contributed by atoms with Crippen LogP contribution in [0.15, 0.2) is 49.1 Å². The van der Waals surface area contributed by atoms with Gasteiger partial charge in [0.05, 0.1) is 5.56 Å². The fraction of sp³-hybridized carbons (Fsp3) is 0.370. The number of aromatic nitrogens is 1. The van der Waals surface area contributed by atoms with Gasteiger partial charge in [-0.3, -0.25) is 4.79 Å². The molecule has 1 amide bonds. The normalized spacial score (nSPS) is 14.4. The molecule has 1 fully saturated rings. The number of nitrogens with zero attached hydrogens (tertiary/aromatic N) is 1. The van der Waals surface area contributed by atoms with Gasteiger partial charge in [0.25, 0.3) is 5.91 Å². The van der Waals surface area contributed by atoms with Crippen LogP contribution in [0.2, 0.25) is 0 Å². The van der Waals surface area contributed by atoms with Crippen molar-refractivity contribution in [3.8, 4) is 5.75 Å². The predicted molar refractivity (Wildman–Crippen MR) is 126 cm³/mol. The standard InChI is InChI=1S/C27H30F2N2O2/c1-3-14-33-20-12-13-25-21(15-20)26(18(2)31(25)17-19-8-5-4-6-9-19)27(32)30-16-22-23(28)10-7-11-24(22)29/h3,7,10-13,15,19H,1,4-6,8-9,14,16-17H2,2H3,(H,30,32). The summed E-state index contributed by atoms with van der Waals surface area (Å²) in [6.07, 6.45) is 7.81. The van der Waals surface area contributed by atoms with Crippen LogP contribution in [0.3, 0.4) is 0 Å². The molecule has 0 spiro atoms. The van der Waals surface area contributed by atoms with E-state index in [9.17, 15) is 13.6 Å². The van der Waals surface area contributed by atoms with Gasteiger partial charge in [-0.2, -0.15) is 0 Å². The molecule has 1 aromatic heterocycles. The molecule has 0 unspecified atom stereocenters. The Bertz CT molecular complexity index is 1140. The lowest BCUT2D eigenvalue weighted by molar-refractivity contribution is 0.0951. The maximum Gasteiger partial charge on any atom is 0.254 e. The third-order valence-electron chi connectivity index (χ3n) is 6.54. The molecule has 6 heteroatoms.